The van der Waals surface area contributed by atoms with Crippen LogP contribution in [0.1, 0.15) is 47.0 Å². The number of nitrogens with zero attached hydrogens (tertiary/aromatic N) is 1. The average molecular weight is 185 g/mol. The van der Waals surface area contributed by atoms with Gasteiger partial charge in [0.15, 0.2) is 0 Å². The molecular weight excluding hydrogens is 158 g/mol. The van der Waals surface area contributed by atoms with Gasteiger partial charge in [-0.15, -0.1) is 0 Å². The van der Waals surface area contributed by atoms with E-state index in [1.807, 2.05) is 13.8 Å². The van der Waals surface area contributed by atoms with E-state index >= 15 is 0 Å². The van der Waals surface area contributed by atoms with E-state index in [1.165, 1.54) is 32.4 Å². The largest absolute Gasteiger partial charge is 0.306 e. The highest BCUT2D eigenvalue weighted by Crippen LogP contribution is 2.25. The highest BCUT2D eigenvalue weighted by Gasteiger charge is 2.22. The quantitative estimate of drug-likeness (QED) is 0.637. The van der Waals surface area contributed by atoms with E-state index in [9.17, 15) is 0 Å². The molecule has 2 unspecified atom stereocenters. The van der Waals surface area contributed by atoms with Gasteiger partial charge in [0.1, 0.15) is 0 Å². The summed E-state index contributed by atoms with van der Waals surface area (Å²) in [6.07, 6.45) is 4.18. The van der Waals surface area contributed by atoms with Crippen molar-refractivity contribution in [1.82, 2.24) is 4.90 Å². The Morgan fingerprint density at radius 1 is 1.31 bits per heavy atom. The van der Waals surface area contributed by atoms with Crippen LogP contribution in [0.2, 0.25) is 0 Å². The van der Waals surface area contributed by atoms with E-state index in [0.29, 0.717) is 0 Å². The minimum atomic E-state index is 0.964. The first-order chi connectivity index (χ1) is 6.24. The van der Waals surface area contributed by atoms with Crippen LogP contribution in [-0.4, -0.2) is 25.0 Å². The second-order valence-electron chi connectivity index (χ2n) is 4.08. The molecule has 0 aromatic heterocycles. The summed E-state index contributed by atoms with van der Waals surface area (Å²) in [6.45, 7) is 11.3. The Labute approximate surface area is 84.5 Å². The Balaban J connectivity index is 0.000000671. The van der Waals surface area contributed by atoms with Gasteiger partial charge in [-0.3, -0.25) is 0 Å². The number of hydrogen-bond donors (Lipinski definition) is 0. The van der Waals surface area contributed by atoms with Crippen molar-refractivity contribution in [2.45, 2.75) is 47.0 Å². The average Bonchev–Trinajstić information content (AvgIpc) is 2.15. The molecule has 1 heteroatoms. The molecule has 0 amide bonds. The Hall–Kier alpha value is -0.0400. The predicted octanol–water partition coefficient (Wildman–Crippen LogP) is 3.40. The van der Waals surface area contributed by atoms with Crippen molar-refractivity contribution in [2.24, 2.45) is 11.8 Å². The topological polar surface area (TPSA) is 3.24 Å². The Bertz CT molecular complexity index is 112. The molecule has 1 saturated heterocycles. The maximum absolute atomic E-state index is 2.47. The third kappa shape index (κ3) is 4.66. The lowest BCUT2D eigenvalue weighted by Crippen LogP contribution is -2.36. The lowest BCUT2D eigenvalue weighted by molar-refractivity contribution is 0.146. The van der Waals surface area contributed by atoms with Gasteiger partial charge >= 0.3 is 0 Å². The van der Waals surface area contributed by atoms with E-state index in [2.05, 4.69) is 25.8 Å². The standard InChI is InChI=1S/C10H21N.C2H6/c1-4-5-10-8-11(3)7-6-9(10)2;1-2/h9-10H,4-8H2,1-3H3;1-2H3. The number of likely N-dealkylation sites (tertiary alicyclic amines) is 1. The normalized spacial score (nSPS) is 29.3. The van der Waals surface area contributed by atoms with Crippen molar-refractivity contribution in [3.8, 4) is 0 Å². The first-order valence-electron chi connectivity index (χ1n) is 5.92. The molecule has 1 nitrogen and oxygen atoms in total. The maximum Gasteiger partial charge on any atom is 0.000916 e. The summed E-state index contributed by atoms with van der Waals surface area (Å²) in [5.41, 5.74) is 0. The first kappa shape index (κ1) is 13.0. The predicted molar refractivity (Wildman–Crippen MR) is 61.0 cm³/mol. The SMILES string of the molecule is CC.CCCC1CN(C)CCC1C. The number of rotatable bonds is 2. The van der Waals surface area contributed by atoms with E-state index in [0.717, 1.165) is 11.8 Å². The molecule has 1 rings (SSSR count). The molecule has 2 atom stereocenters. The van der Waals surface area contributed by atoms with Crippen LogP contribution < -0.4 is 0 Å². The van der Waals surface area contributed by atoms with Crippen molar-refractivity contribution < 1.29 is 0 Å². The van der Waals surface area contributed by atoms with Crippen LogP contribution in [-0.2, 0) is 0 Å². The van der Waals surface area contributed by atoms with E-state index in [-0.39, 0.29) is 0 Å². The lowest BCUT2D eigenvalue weighted by atomic mass is 9.84. The van der Waals surface area contributed by atoms with Gasteiger partial charge in [0.25, 0.3) is 0 Å². The molecule has 0 aromatic rings. The fourth-order valence-electron chi connectivity index (χ4n) is 2.08. The smallest absolute Gasteiger partial charge is 0.000916 e. The molecule has 0 radical (unpaired) electrons. The third-order valence-corrected chi connectivity index (χ3v) is 2.98. The maximum atomic E-state index is 2.47. The van der Waals surface area contributed by atoms with Gasteiger partial charge in [-0.1, -0.05) is 34.1 Å². The minimum Gasteiger partial charge on any atom is -0.306 e. The summed E-state index contributed by atoms with van der Waals surface area (Å²) in [5.74, 6) is 1.94. The summed E-state index contributed by atoms with van der Waals surface area (Å²) >= 11 is 0. The summed E-state index contributed by atoms with van der Waals surface area (Å²) < 4.78 is 0. The van der Waals surface area contributed by atoms with Crippen molar-refractivity contribution in [3.05, 3.63) is 0 Å². The molecule has 0 bridgehead atoms. The molecule has 0 spiro atoms. The van der Waals surface area contributed by atoms with Gasteiger partial charge in [0.2, 0.25) is 0 Å². The Morgan fingerprint density at radius 2 is 1.92 bits per heavy atom. The van der Waals surface area contributed by atoms with Gasteiger partial charge < -0.3 is 4.90 Å². The van der Waals surface area contributed by atoms with Crippen molar-refractivity contribution in [2.75, 3.05) is 20.1 Å². The van der Waals surface area contributed by atoms with E-state index in [1.54, 1.807) is 0 Å². The van der Waals surface area contributed by atoms with Crippen LogP contribution in [0.25, 0.3) is 0 Å². The fraction of sp³-hybridized carbons (Fsp3) is 1.00. The van der Waals surface area contributed by atoms with Gasteiger partial charge in [-0.05, 0) is 38.3 Å². The molecule has 0 aromatic carbocycles. The molecule has 80 valence electrons. The molecular formula is C12H27N. The van der Waals surface area contributed by atoms with Crippen LogP contribution in [0.4, 0.5) is 0 Å². The van der Waals surface area contributed by atoms with Crippen molar-refractivity contribution >= 4 is 0 Å². The van der Waals surface area contributed by atoms with E-state index in [4.69, 9.17) is 0 Å². The van der Waals surface area contributed by atoms with E-state index < -0.39 is 0 Å². The molecule has 1 aliphatic rings. The molecule has 1 aliphatic heterocycles. The van der Waals surface area contributed by atoms with Crippen LogP contribution in [0.5, 0.6) is 0 Å². The van der Waals surface area contributed by atoms with Gasteiger partial charge in [0.05, 0.1) is 0 Å². The third-order valence-electron chi connectivity index (χ3n) is 2.98. The number of hydrogen-bond acceptors (Lipinski definition) is 1. The summed E-state index contributed by atoms with van der Waals surface area (Å²) in [4.78, 5) is 2.47. The zero-order chi connectivity index (χ0) is 10.3. The van der Waals surface area contributed by atoms with Gasteiger partial charge in [-0.25, -0.2) is 0 Å². The fourth-order valence-corrected chi connectivity index (χ4v) is 2.08. The second kappa shape index (κ2) is 7.37. The monoisotopic (exact) mass is 185 g/mol. The molecule has 1 fully saturated rings. The van der Waals surface area contributed by atoms with Crippen LogP contribution in [0.15, 0.2) is 0 Å². The van der Waals surface area contributed by atoms with Crippen LogP contribution in [0.3, 0.4) is 0 Å². The molecule has 13 heavy (non-hydrogen) atoms. The molecule has 0 saturated carbocycles. The Morgan fingerprint density at radius 3 is 2.46 bits per heavy atom. The Kier molecular flexibility index (Phi) is 7.35. The molecule has 0 aliphatic carbocycles. The molecule has 0 N–H and O–H groups in total. The van der Waals surface area contributed by atoms with Gasteiger partial charge in [-0.2, -0.15) is 0 Å². The summed E-state index contributed by atoms with van der Waals surface area (Å²) in [7, 11) is 2.24. The van der Waals surface area contributed by atoms with Crippen LogP contribution in [0, 0.1) is 11.8 Å². The summed E-state index contributed by atoms with van der Waals surface area (Å²) in [6, 6.07) is 0. The minimum absolute atomic E-state index is 0.964. The van der Waals surface area contributed by atoms with Crippen molar-refractivity contribution in [3.63, 3.8) is 0 Å². The highest BCUT2D eigenvalue weighted by molar-refractivity contribution is 4.75. The van der Waals surface area contributed by atoms with Crippen molar-refractivity contribution in [1.29, 1.82) is 0 Å². The number of piperidine rings is 1. The second-order valence-corrected chi connectivity index (χ2v) is 4.08. The molecule has 1 heterocycles. The lowest BCUT2D eigenvalue weighted by Gasteiger charge is -2.34. The highest BCUT2D eigenvalue weighted by atomic mass is 15.1. The summed E-state index contributed by atoms with van der Waals surface area (Å²) in [5, 5.41) is 0. The zero-order valence-electron chi connectivity index (χ0n) is 10.1. The van der Waals surface area contributed by atoms with Gasteiger partial charge in [0, 0.05) is 6.54 Å². The van der Waals surface area contributed by atoms with Crippen LogP contribution >= 0.6 is 0 Å². The zero-order valence-corrected chi connectivity index (χ0v) is 10.1. The first-order valence-corrected chi connectivity index (χ1v) is 5.92.